The molecule has 0 fully saturated rings. The number of halogens is 1. The molecule has 1 aromatic carbocycles. The molecule has 0 atom stereocenters. The van der Waals surface area contributed by atoms with Crippen LogP contribution in [-0.2, 0) is 5.41 Å². The van der Waals surface area contributed by atoms with Gasteiger partial charge in [0.2, 0.25) is 0 Å². The highest BCUT2D eigenvalue weighted by molar-refractivity contribution is 6.30. The molecule has 0 saturated carbocycles. The highest BCUT2D eigenvalue weighted by Gasteiger charge is 2.18. The maximum atomic E-state index is 11.8. The van der Waals surface area contributed by atoms with E-state index in [1.54, 1.807) is 12.1 Å². The van der Waals surface area contributed by atoms with E-state index in [1.165, 1.54) is 0 Å². The highest BCUT2D eigenvalue weighted by Crippen LogP contribution is 2.25. The standard InChI is InChI=1S/C15H17ClN2O/c1-9-7-10(16)5-6-11(9)14-17-12(15(2,3)4)8-13(19)18-14/h5-8H,1-4H3,(H,17,18,19). The van der Waals surface area contributed by atoms with Crippen molar-refractivity contribution < 1.29 is 0 Å². The molecule has 0 saturated heterocycles. The molecule has 19 heavy (non-hydrogen) atoms. The summed E-state index contributed by atoms with van der Waals surface area (Å²) in [5.41, 5.74) is 2.36. The van der Waals surface area contributed by atoms with E-state index in [9.17, 15) is 4.79 Å². The molecule has 0 aliphatic heterocycles. The smallest absolute Gasteiger partial charge is 0.251 e. The van der Waals surface area contributed by atoms with E-state index in [-0.39, 0.29) is 11.0 Å². The van der Waals surface area contributed by atoms with Crippen LogP contribution in [0.25, 0.3) is 11.4 Å². The molecule has 2 rings (SSSR count). The van der Waals surface area contributed by atoms with E-state index in [2.05, 4.69) is 9.97 Å². The summed E-state index contributed by atoms with van der Waals surface area (Å²) in [5.74, 6) is 0.589. The topological polar surface area (TPSA) is 45.8 Å². The van der Waals surface area contributed by atoms with Gasteiger partial charge in [-0.25, -0.2) is 4.98 Å². The largest absolute Gasteiger partial charge is 0.307 e. The number of aromatic amines is 1. The van der Waals surface area contributed by atoms with Gasteiger partial charge in [-0.05, 0) is 30.7 Å². The summed E-state index contributed by atoms with van der Waals surface area (Å²) < 4.78 is 0. The van der Waals surface area contributed by atoms with Crippen LogP contribution in [0.15, 0.2) is 29.1 Å². The predicted octanol–water partition coefficient (Wildman–Crippen LogP) is 3.70. The fourth-order valence-corrected chi connectivity index (χ4v) is 2.09. The molecule has 0 aliphatic carbocycles. The lowest BCUT2D eigenvalue weighted by Gasteiger charge is -2.18. The van der Waals surface area contributed by atoms with Gasteiger partial charge in [0.25, 0.3) is 5.56 Å². The van der Waals surface area contributed by atoms with Crippen LogP contribution in [0.4, 0.5) is 0 Å². The van der Waals surface area contributed by atoms with Gasteiger partial charge in [0, 0.05) is 22.1 Å². The molecular weight excluding hydrogens is 260 g/mol. The maximum absolute atomic E-state index is 11.8. The Kier molecular flexibility index (Phi) is 3.50. The molecule has 1 heterocycles. The summed E-state index contributed by atoms with van der Waals surface area (Å²) in [5, 5.41) is 0.676. The van der Waals surface area contributed by atoms with Gasteiger partial charge in [0.15, 0.2) is 0 Å². The van der Waals surface area contributed by atoms with Gasteiger partial charge >= 0.3 is 0 Å². The fourth-order valence-electron chi connectivity index (χ4n) is 1.86. The van der Waals surface area contributed by atoms with Crippen LogP contribution in [0.1, 0.15) is 32.0 Å². The minimum absolute atomic E-state index is 0.135. The van der Waals surface area contributed by atoms with E-state index in [0.717, 1.165) is 16.8 Å². The Labute approximate surface area is 117 Å². The summed E-state index contributed by atoms with van der Waals surface area (Å²) in [4.78, 5) is 19.1. The molecular formula is C15H17ClN2O. The monoisotopic (exact) mass is 276 g/mol. The van der Waals surface area contributed by atoms with Crippen molar-refractivity contribution in [2.24, 2.45) is 0 Å². The summed E-state index contributed by atoms with van der Waals surface area (Å²) in [6.07, 6.45) is 0. The Morgan fingerprint density at radius 3 is 2.47 bits per heavy atom. The number of nitrogens with one attached hydrogen (secondary N) is 1. The number of rotatable bonds is 1. The van der Waals surface area contributed by atoms with Crippen LogP contribution in [0.3, 0.4) is 0 Å². The second-order valence-corrected chi connectivity index (χ2v) is 6.12. The summed E-state index contributed by atoms with van der Waals surface area (Å²) >= 11 is 5.95. The molecule has 0 amide bonds. The molecule has 0 radical (unpaired) electrons. The maximum Gasteiger partial charge on any atom is 0.251 e. The van der Waals surface area contributed by atoms with Crippen molar-refractivity contribution >= 4 is 11.6 Å². The van der Waals surface area contributed by atoms with Crippen LogP contribution in [0.5, 0.6) is 0 Å². The molecule has 3 nitrogen and oxygen atoms in total. The van der Waals surface area contributed by atoms with Gasteiger partial charge in [0.05, 0.1) is 5.69 Å². The number of H-pyrrole nitrogens is 1. The van der Waals surface area contributed by atoms with E-state index < -0.39 is 0 Å². The number of nitrogens with zero attached hydrogens (tertiary/aromatic N) is 1. The van der Waals surface area contributed by atoms with Gasteiger partial charge in [-0.15, -0.1) is 0 Å². The lowest BCUT2D eigenvalue weighted by molar-refractivity contribution is 0.566. The minimum Gasteiger partial charge on any atom is -0.307 e. The van der Waals surface area contributed by atoms with Crippen LogP contribution in [0.2, 0.25) is 5.02 Å². The molecule has 1 N–H and O–H groups in total. The normalized spacial score (nSPS) is 11.6. The van der Waals surface area contributed by atoms with Crippen molar-refractivity contribution in [2.45, 2.75) is 33.1 Å². The van der Waals surface area contributed by atoms with Crippen LogP contribution < -0.4 is 5.56 Å². The highest BCUT2D eigenvalue weighted by atomic mass is 35.5. The van der Waals surface area contributed by atoms with E-state index in [0.29, 0.717) is 10.8 Å². The van der Waals surface area contributed by atoms with E-state index >= 15 is 0 Å². The number of hydrogen-bond donors (Lipinski definition) is 1. The summed E-state index contributed by atoms with van der Waals surface area (Å²) in [6, 6.07) is 7.09. The average Bonchev–Trinajstić information content (AvgIpc) is 2.26. The second kappa shape index (κ2) is 4.82. The van der Waals surface area contributed by atoms with Gasteiger partial charge in [-0.2, -0.15) is 0 Å². The van der Waals surface area contributed by atoms with Gasteiger partial charge in [-0.3, -0.25) is 4.79 Å². The third kappa shape index (κ3) is 3.04. The third-order valence-corrected chi connectivity index (χ3v) is 3.19. The molecule has 100 valence electrons. The first-order chi connectivity index (χ1) is 8.77. The Morgan fingerprint density at radius 1 is 1.21 bits per heavy atom. The quantitative estimate of drug-likeness (QED) is 0.863. The number of hydrogen-bond acceptors (Lipinski definition) is 2. The Hall–Kier alpha value is -1.61. The Morgan fingerprint density at radius 2 is 1.89 bits per heavy atom. The van der Waals surface area contributed by atoms with Crippen molar-refractivity contribution in [3.05, 3.63) is 50.9 Å². The molecule has 2 aromatic rings. The molecule has 0 aliphatic rings. The van der Waals surface area contributed by atoms with Crippen LogP contribution in [-0.4, -0.2) is 9.97 Å². The van der Waals surface area contributed by atoms with Gasteiger partial charge in [0.1, 0.15) is 5.82 Å². The molecule has 0 bridgehead atoms. The zero-order chi connectivity index (χ0) is 14.2. The molecule has 4 heteroatoms. The fraction of sp³-hybridized carbons (Fsp3) is 0.333. The third-order valence-electron chi connectivity index (χ3n) is 2.95. The van der Waals surface area contributed by atoms with Crippen LogP contribution >= 0.6 is 11.6 Å². The lowest BCUT2D eigenvalue weighted by atomic mass is 9.92. The number of benzene rings is 1. The summed E-state index contributed by atoms with van der Waals surface area (Å²) in [7, 11) is 0. The average molecular weight is 277 g/mol. The minimum atomic E-state index is -0.163. The SMILES string of the molecule is Cc1cc(Cl)ccc1-c1nc(C(C)(C)C)cc(=O)[nH]1. The second-order valence-electron chi connectivity index (χ2n) is 5.69. The first-order valence-corrected chi connectivity index (χ1v) is 6.53. The zero-order valence-electron chi connectivity index (χ0n) is 11.5. The molecule has 0 spiro atoms. The van der Waals surface area contributed by atoms with E-state index in [4.69, 9.17) is 11.6 Å². The van der Waals surface area contributed by atoms with Crippen molar-refractivity contribution in [1.29, 1.82) is 0 Å². The van der Waals surface area contributed by atoms with Gasteiger partial charge in [-0.1, -0.05) is 32.4 Å². The first kappa shape index (κ1) is 13.8. The molecule has 0 unspecified atom stereocenters. The Bertz CT molecular complexity index is 669. The van der Waals surface area contributed by atoms with Crippen molar-refractivity contribution in [2.75, 3.05) is 0 Å². The van der Waals surface area contributed by atoms with E-state index in [1.807, 2.05) is 39.8 Å². The van der Waals surface area contributed by atoms with Gasteiger partial charge < -0.3 is 4.98 Å². The van der Waals surface area contributed by atoms with Crippen molar-refractivity contribution in [3.63, 3.8) is 0 Å². The first-order valence-electron chi connectivity index (χ1n) is 6.16. The van der Waals surface area contributed by atoms with Crippen LogP contribution in [0, 0.1) is 6.92 Å². The predicted molar refractivity (Wildman–Crippen MR) is 78.7 cm³/mol. The van der Waals surface area contributed by atoms with Crippen molar-refractivity contribution in [3.8, 4) is 11.4 Å². The summed E-state index contributed by atoms with van der Waals surface area (Å²) in [6.45, 7) is 8.05. The Balaban J connectivity index is 2.63. The van der Waals surface area contributed by atoms with Crippen molar-refractivity contribution in [1.82, 2.24) is 9.97 Å². The number of aromatic nitrogens is 2. The number of aryl methyl sites for hydroxylation is 1. The zero-order valence-corrected chi connectivity index (χ0v) is 12.3. The lowest BCUT2D eigenvalue weighted by Crippen LogP contribution is -2.20. The molecule has 1 aromatic heterocycles.